The van der Waals surface area contributed by atoms with Crippen LogP contribution in [0, 0.1) is 5.92 Å². The summed E-state index contributed by atoms with van der Waals surface area (Å²) in [5.74, 6) is 2.55. The summed E-state index contributed by atoms with van der Waals surface area (Å²) in [5.41, 5.74) is 9.59. The summed E-state index contributed by atoms with van der Waals surface area (Å²) in [6.07, 6.45) is 5.24. The van der Waals surface area contributed by atoms with E-state index in [1.54, 1.807) is 7.11 Å². The van der Waals surface area contributed by atoms with Gasteiger partial charge in [0.2, 0.25) is 0 Å². The number of benzene rings is 1. The monoisotopic (exact) mass is 301 g/mol. The highest BCUT2D eigenvalue weighted by molar-refractivity contribution is 5.60. The standard InChI is InChI=1S/C19H27NO2/c1-5-10(2)13-9-15(22-4)18-12-7-6-8-14(20)16(12)11(3)17(18)19(13)21/h5,9-12,14,16,21H,1,6-8,20H2,2-4H3. The van der Waals surface area contributed by atoms with Gasteiger partial charge in [-0.05, 0) is 36.7 Å². The lowest BCUT2D eigenvalue weighted by molar-refractivity contribution is 0.253. The molecule has 1 saturated carbocycles. The first-order valence-electron chi connectivity index (χ1n) is 8.33. The van der Waals surface area contributed by atoms with E-state index in [0.29, 0.717) is 17.6 Å². The van der Waals surface area contributed by atoms with E-state index in [2.05, 4.69) is 13.5 Å². The minimum absolute atomic E-state index is 0.0997. The summed E-state index contributed by atoms with van der Waals surface area (Å²) >= 11 is 0. The highest BCUT2D eigenvalue weighted by Crippen LogP contribution is 2.59. The van der Waals surface area contributed by atoms with Crippen molar-refractivity contribution in [2.75, 3.05) is 7.11 Å². The molecule has 5 unspecified atom stereocenters. The van der Waals surface area contributed by atoms with E-state index in [1.807, 2.05) is 19.1 Å². The number of methoxy groups -OCH3 is 1. The van der Waals surface area contributed by atoms with E-state index in [0.717, 1.165) is 36.1 Å². The van der Waals surface area contributed by atoms with Gasteiger partial charge in [0.15, 0.2) is 0 Å². The van der Waals surface area contributed by atoms with Crippen molar-refractivity contribution < 1.29 is 9.84 Å². The molecule has 2 aliphatic rings. The molecule has 0 saturated heterocycles. The van der Waals surface area contributed by atoms with Gasteiger partial charge in [-0.1, -0.05) is 26.3 Å². The number of ether oxygens (including phenoxy) is 1. The maximum absolute atomic E-state index is 10.9. The Morgan fingerprint density at radius 1 is 1.41 bits per heavy atom. The van der Waals surface area contributed by atoms with E-state index >= 15 is 0 Å². The van der Waals surface area contributed by atoms with Crippen LogP contribution in [0.15, 0.2) is 18.7 Å². The fourth-order valence-electron chi connectivity index (χ4n) is 4.69. The van der Waals surface area contributed by atoms with Crippen LogP contribution in [0.3, 0.4) is 0 Å². The number of aromatic hydroxyl groups is 1. The lowest BCUT2D eigenvalue weighted by Gasteiger charge is -2.34. The Morgan fingerprint density at radius 3 is 2.77 bits per heavy atom. The molecule has 0 amide bonds. The Morgan fingerprint density at radius 2 is 2.14 bits per heavy atom. The molecule has 0 heterocycles. The Balaban J connectivity index is 2.21. The predicted molar refractivity (Wildman–Crippen MR) is 89.7 cm³/mol. The molecule has 22 heavy (non-hydrogen) atoms. The number of fused-ring (bicyclic) bond motifs is 3. The lowest BCUT2D eigenvalue weighted by atomic mass is 9.74. The maximum Gasteiger partial charge on any atom is 0.123 e. The third-order valence-electron chi connectivity index (χ3n) is 5.85. The van der Waals surface area contributed by atoms with Gasteiger partial charge in [-0.25, -0.2) is 0 Å². The Bertz CT molecular complexity index is 596. The van der Waals surface area contributed by atoms with Gasteiger partial charge in [0.05, 0.1) is 7.11 Å². The molecule has 2 aliphatic carbocycles. The van der Waals surface area contributed by atoms with Crippen LogP contribution in [0.2, 0.25) is 0 Å². The fourth-order valence-corrected chi connectivity index (χ4v) is 4.69. The molecule has 0 aromatic heterocycles. The quantitative estimate of drug-likeness (QED) is 0.829. The number of phenols is 1. The topological polar surface area (TPSA) is 55.5 Å². The SMILES string of the molecule is C=CC(C)c1cc(OC)c2c(c1O)C(C)C1C(N)CCCC21. The van der Waals surface area contributed by atoms with Crippen molar-refractivity contribution in [2.45, 2.75) is 56.9 Å². The molecule has 3 N–H and O–H groups in total. The van der Waals surface area contributed by atoms with Gasteiger partial charge < -0.3 is 15.6 Å². The minimum Gasteiger partial charge on any atom is -0.507 e. The second kappa shape index (κ2) is 5.62. The second-order valence-electron chi connectivity index (χ2n) is 6.94. The van der Waals surface area contributed by atoms with E-state index < -0.39 is 0 Å². The van der Waals surface area contributed by atoms with Crippen LogP contribution < -0.4 is 10.5 Å². The highest BCUT2D eigenvalue weighted by Gasteiger charge is 2.46. The van der Waals surface area contributed by atoms with Crippen molar-refractivity contribution in [3.8, 4) is 11.5 Å². The second-order valence-corrected chi connectivity index (χ2v) is 6.94. The summed E-state index contributed by atoms with van der Waals surface area (Å²) in [6.45, 7) is 8.11. The number of hydrogen-bond donors (Lipinski definition) is 2. The number of nitrogens with two attached hydrogens (primary N) is 1. The van der Waals surface area contributed by atoms with Crippen LogP contribution in [0.5, 0.6) is 11.5 Å². The molecule has 1 aromatic rings. The molecule has 3 heteroatoms. The summed E-state index contributed by atoms with van der Waals surface area (Å²) in [6, 6.07) is 2.21. The van der Waals surface area contributed by atoms with E-state index in [1.165, 1.54) is 5.56 Å². The largest absolute Gasteiger partial charge is 0.507 e. The number of rotatable bonds is 3. The number of hydrogen-bond acceptors (Lipinski definition) is 3. The lowest BCUT2D eigenvalue weighted by Crippen LogP contribution is -2.37. The molecular formula is C19H27NO2. The van der Waals surface area contributed by atoms with Gasteiger partial charge in [0, 0.05) is 28.7 Å². The summed E-state index contributed by atoms with van der Waals surface area (Å²) in [7, 11) is 1.72. The van der Waals surface area contributed by atoms with Gasteiger partial charge >= 0.3 is 0 Å². The van der Waals surface area contributed by atoms with Crippen molar-refractivity contribution >= 4 is 0 Å². The fraction of sp³-hybridized carbons (Fsp3) is 0.579. The Labute approximate surface area is 133 Å². The van der Waals surface area contributed by atoms with Crippen molar-refractivity contribution in [2.24, 2.45) is 11.7 Å². The smallest absolute Gasteiger partial charge is 0.123 e. The summed E-state index contributed by atoms with van der Waals surface area (Å²) in [4.78, 5) is 0. The minimum atomic E-state index is 0.0997. The van der Waals surface area contributed by atoms with Gasteiger partial charge in [-0.2, -0.15) is 0 Å². The van der Waals surface area contributed by atoms with Crippen molar-refractivity contribution in [1.82, 2.24) is 0 Å². The van der Waals surface area contributed by atoms with E-state index in [9.17, 15) is 5.11 Å². The Hall–Kier alpha value is -1.48. The van der Waals surface area contributed by atoms with Crippen LogP contribution in [0.25, 0.3) is 0 Å². The molecule has 0 aliphatic heterocycles. The first-order chi connectivity index (χ1) is 10.5. The average Bonchev–Trinajstić information content (AvgIpc) is 2.82. The Kier molecular flexibility index (Phi) is 3.94. The average molecular weight is 301 g/mol. The van der Waals surface area contributed by atoms with Crippen LogP contribution in [0.4, 0.5) is 0 Å². The molecule has 3 rings (SSSR count). The molecule has 0 spiro atoms. The van der Waals surface area contributed by atoms with Gasteiger partial charge in [0.1, 0.15) is 11.5 Å². The molecule has 0 radical (unpaired) electrons. The first kappa shape index (κ1) is 15.4. The third kappa shape index (κ3) is 2.06. The molecule has 5 atom stereocenters. The molecule has 1 aromatic carbocycles. The van der Waals surface area contributed by atoms with Crippen LogP contribution in [-0.2, 0) is 0 Å². The maximum atomic E-state index is 10.9. The molecule has 1 fully saturated rings. The molecular weight excluding hydrogens is 274 g/mol. The summed E-state index contributed by atoms with van der Waals surface area (Å²) in [5, 5.41) is 10.9. The van der Waals surface area contributed by atoms with Gasteiger partial charge in [-0.15, -0.1) is 6.58 Å². The van der Waals surface area contributed by atoms with Gasteiger partial charge in [0.25, 0.3) is 0 Å². The zero-order chi connectivity index (χ0) is 16.0. The van der Waals surface area contributed by atoms with Crippen molar-refractivity contribution in [1.29, 1.82) is 0 Å². The van der Waals surface area contributed by atoms with Crippen LogP contribution in [0.1, 0.15) is 67.6 Å². The van der Waals surface area contributed by atoms with Crippen molar-refractivity contribution in [3.05, 3.63) is 35.4 Å². The van der Waals surface area contributed by atoms with E-state index in [-0.39, 0.29) is 17.9 Å². The molecule has 0 bridgehead atoms. The predicted octanol–water partition coefficient (Wildman–Crippen LogP) is 4.02. The molecule has 120 valence electrons. The van der Waals surface area contributed by atoms with Gasteiger partial charge in [-0.3, -0.25) is 0 Å². The van der Waals surface area contributed by atoms with Crippen LogP contribution in [-0.4, -0.2) is 18.3 Å². The zero-order valence-electron chi connectivity index (χ0n) is 13.8. The summed E-state index contributed by atoms with van der Waals surface area (Å²) < 4.78 is 5.69. The highest BCUT2D eigenvalue weighted by atomic mass is 16.5. The van der Waals surface area contributed by atoms with Crippen LogP contribution >= 0.6 is 0 Å². The third-order valence-corrected chi connectivity index (χ3v) is 5.85. The van der Waals surface area contributed by atoms with E-state index in [4.69, 9.17) is 10.5 Å². The number of allylic oxidation sites excluding steroid dienone is 1. The zero-order valence-corrected chi connectivity index (χ0v) is 13.8. The normalized spacial score (nSPS) is 31.3. The van der Waals surface area contributed by atoms with Crippen molar-refractivity contribution in [3.63, 3.8) is 0 Å². The number of phenolic OH excluding ortho intramolecular Hbond substituents is 1. The molecule has 3 nitrogen and oxygen atoms in total. The first-order valence-corrected chi connectivity index (χ1v) is 8.33.